The van der Waals surface area contributed by atoms with Crippen molar-refractivity contribution in [3.63, 3.8) is 0 Å². The Hall–Kier alpha value is -2.48. The van der Waals surface area contributed by atoms with Crippen LogP contribution in [-0.4, -0.2) is 31.6 Å². The third-order valence-electron chi connectivity index (χ3n) is 5.43. The van der Waals surface area contributed by atoms with Crippen molar-refractivity contribution in [3.8, 4) is 11.5 Å². The van der Waals surface area contributed by atoms with Crippen molar-refractivity contribution in [2.45, 2.75) is 53.4 Å². The van der Waals surface area contributed by atoms with E-state index in [9.17, 15) is 9.59 Å². The lowest BCUT2D eigenvalue weighted by atomic mass is 9.70. The molecule has 1 heterocycles. The van der Waals surface area contributed by atoms with Crippen LogP contribution in [0.25, 0.3) is 0 Å². The summed E-state index contributed by atoms with van der Waals surface area (Å²) in [5.74, 6) is 0.0841. The van der Waals surface area contributed by atoms with Crippen molar-refractivity contribution in [2.24, 2.45) is 11.1 Å². The molecule has 0 radical (unpaired) electrons. The number of rotatable bonds is 7. The number of allylic oxidation sites excluding steroid dienone is 2. The predicted molar refractivity (Wildman–Crippen MR) is 123 cm³/mol. The molecular formula is C24H30BrNO6. The highest BCUT2D eigenvalue weighted by molar-refractivity contribution is 9.10. The molecule has 1 atom stereocenters. The lowest BCUT2D eigenvalue weighted by molar-refractivity contribution is -0.139. The highest BCUT2D eigenvalue weighted by atomic mass is 79.9. The lowest BCUT2D eigenvalue weighted by Crippen LogP contribution is -2.36. The van der Waals surface area contributed by atoms with E-state index >= 15 is 0 Å². The summed E-state index contributed by atoms with van der Waals surface area (Å²) >= 11 is 3.55. The zero-order chi connectivity index (χ0) is 23.6. The van der Waals surface area contributed by atoms with E-state index in [-0.39, 0.29) is 29.3 Å². The minimum atomic E-state index is -0.769. The van der Waals surface area contributed by atoms with Crippen LogP contribution in [0, 0.1) is 5.41 Å². The number of Topliss-reactive ketones (excluding diaryl/α,β-unsaturated/α-hetero) is 1. The van der Waals surface area contributed by atoms with Gasteiger partial charge in [-0.25, -0.2) is 4.79 Å². The van der Waals surface area contributed by atoms with Gasteiger partial charge in [0.05, 0.1) is 30.2 Å². The van der Waals surface area contributed by atoms with E-state index in [1.165, 1.54) is 0 Å². The summed E-state index contributed by atoms with van der Waals surface area (Å²) in [4.78, 5) is 26.3. The fourth-order valence-electron chi connectivity index (χ4n) is 4.23. The van der Waals surface area contributed by atoms with Gasteiger partial charge in [-0.15, -0.1) is 0 Å². The van der Waals surface area contributed by atoms with E-state index < -0.39 is 11.9 Å². The Kier molecular flexibility index (Phi) is 7.22. The second-order valence-corrected chi connectivity index (χ2v) is 9.35. The van der Waals surface area contributed by atoms with Crippen LogP contribution in [0.5, 0.6) is 11.5 Å². The van der Waals surface area contributed by atoms with E-state index in [1.807, 2.05) is 33.8 Å². The molecule has 174 valence electrons. The van der Waals surface area contributed by atoms with Gasteiger partial charge in [0.2, 0.25) is 5.88 Å². The van der Waals surface area contributed by atoms with E-state index in [0.717, 1.165) is 0 Å². The Bertz CT molecular complexity index is 994. The van der Waals surface area contributed by atoms with Gasteiger partial charge in [-0.2, -0.15) is 0 Å². The molecule has 0 saturated heterocycles. The fourth-order valence-corrected chi connectivity index (χ4v) is 4.70. The Balaban J connectivity index is 2.27. The molecule has 0 amide bonds. The SMILES string of the molecule is CCOC(=O)C1=C(N)OC2=C(C(=O)CC(C)(C)C2)C1c1cc(Br)c(OCC)cc1OCC. The van der Waals surface area contributed by atoms with Crippen molar-refractivity contribution < 1.29 is 28.5 Å². The van der Waals surface area contributed by atoms with Crippen molar-refractivity contribution >= 4 is 27.7 Å². The van der Waals surface area contributed by atoms with E-state index in [0.29, 0.717) is 58.9 Å². The second kappa shape index (κ2) is 9.57. The van der Waals surface area contributed by atoms with Crippen LogP contribution >= 0.6 is 15.9 Å². The van der Waals surface area contributed by atoms with Crippen LogP contribution in [0.4, 0.5) is 0 Å². The summed E-state index contributed by atoms with van der Waals surface area (Å²) in [6, 6.07) is 3.58. The lowest BCUT2D eigenvalue weighted by Gasteiger charge is -2.38. The van der Waals surface area contributed by atoms with Gasteiger partial charge in [-0.1, -0.05) is 13.8 Å². The highest BCUT2D eigenvalue weighted by Crippen LogP contribution is 2.51. The molecule has 2 N–H and O–H groups in total. The number of ether oxygens (including phenoxy) is 4. The molecule has 0 aromatic heterocycles. The molecule has 0 saturated carbocycles. The number of nitrogens with two attached hydrogens (primary N) is 1. The molecule has 1 aliphatic carbocycles. The quantitative estimate of drug-likeness (QED) is 0.532. The summed E-state index contributed by atoms with van der Waals surface area (Å²) < 4.78 is 23.4. The molecular weight excluding hydrogens is 478 g/mol. The molecule has 1 aliphatic heterocycles. The summed E-state index contributed by atoms with van der Waals surface area (Å²) in [5.41, 5.74) is 7.14. The average Bonchev–Trinajstić information content (AvgIpc) is 2.68. The summed E-state index contributed by atoms with van der Waals surface area (Å²) in [5, 5.41) is 0. The Morgan fingerprint density at radius 1 is 1.12 bits per heavy atom. The van der Waals surface area contributed by atoms with Crippen LogP contribution in [0.1, 0.15) is 58.9 Å². The Labute approximate surface area is 197 Å². The second-order valence-electron chi connectivity index (χ2n) is 8.50. The zero-order valence-corrected chi connectivity index (χ0v) is 20.8. The van der Waals surface area contributed by atoms with Gasteiger partial charge in [0.25, 0.3) is 0 Å². The van der Waals surface area contributed by atoms with Gasteiger partial charge in [-0.3, -0.25) is 4.79 Å². The molecule has 3 rings (SSSR count). The number of carbonyl (C=O) groups excluding carboxylic acids is 2. The molecule has 32 heavy (non-hydrogen) atoms. The van der Waals surface area contributed by atoms with Gasteiger partial charge in [0.1, 0.15) is 22.8 Å². The monoisotopic (exact) mass is 507 g/mol. The number of halogens is 1. The minimum absolute atomic E-state index is 0.0508. The molecule has 8 heteroatoms. The number of hydrogen-bond donors (Lipinski definition) is 1. The Morgan fingerprint density at radius 3 is 2.41 bits per heavy atom. The van der Waals surface area contributed by atoms with Crippen molar-refractivity contribution in [3.05, 3.63) is 45.0 Å². The van der Waals surface area contributed by atoms with E-state index in [2.05, 4.69) is 15.9 Å². The van der Waals surface area contributed by atoms with Crippen LogP contribution < -0.4 is 15.2 Å². The molecule has 1 unspecified atom stereocenters. The van der Waals surface area contributed by atoms with Crippen molar-refractivity contribution in [2.75, 3.05) is 19.8 Å². The normalized spacial score (nSPS) is 19.9. The highest BCUT2D eigenvalue weighted by Gasteiger charge is 2.46. The largest absolute Gasteiger partial charge is 0.493 e. The first-order chi connectivity index (χ1) is 15.1. The van der Waals surface area contributed by atoms with Crippen LogP contribution in [-0.2, 0) is 19.1 Å². The van der Waals surface area contributed by atoms with Gasteiger partial charge < -0.3 is 24.7 Å². The fraction of sp³-hybridized carbons (Fsp3) is 0.500. The molecule has 0 bridgehead atoms. The molecule has 1 aromatic rings. The van der Waals surface area contributed by atoms with Gasteiger partial charge in [-0.05, 0) is 48.2 Å². The van der Waals surface area contributed by atoms with E-state index in [4.69, 9.17) is 24.7 Å². The van der Waals surface area contributed by atoms with Gasteiger partial charge in [0, 0.05) is 30.0 Å². The predicted octanol–water partition coefficient (Wildman–Crippen LogP) is 4.74. The number of benzene rings is 1. The summed E-state index contributed by atoms with van der Waals surface area (Å²) in [6.07, 6.45) is 0.868. The Morgan fingerprint density at radius 2 is 1.78 bits per heavy atom. The molecule has 0 spiro atoms. The van der Waals surface area contributed by atoms with Gasteiger partial charge in [0.15, 0.2) is 5.78 Å². The van der Waals surface area contributed by atoms with Gasteiger partial charge >= 0.3 is 5.97 Å². The van der Waals surface area contributed by atoms with E-state index in [1.54, 1.807) is 13.0 Å². The maximum absolute atomic E-state index is 13.4. The smallest absolute Gasteiger partial charge is 0.340 e. The van der Waals surface area contributed by atoms with Crippen LogP contribution in [0.3, 0.4) is 0 Å². The standard InChI is InChI=1S/C24H30BrNO6/c1-6-29-16-10-17(30-7-2)14(25)9-13(16)19-20-15(27)11-24(4,5)12-18(20)32-22(26)21(19)23(28)31-8-3/h9-10,19H,6-8,11-12,26H2,1-5H3. The minimum Gasteiger partial charge on any atom is -0.493 e. The number of carbonyl (C=O) groups is 2. The maximum atomic E-state index is 13.4. The van der Waals surface area contributed by atoms with Crippen molar-refractivity contribution in [1.29, 1.82) is 0 Å². The number of ketones is 1. The summed E-state index contributed by atoms with van der Waals surface area (Å²) in [7, 11) is 0. The van der Waals surface area contributed by atoms with Crippen LogP contribution in [0.15, 0.2) is 39.4 Å². The topological polar surface area (TPSA) is 97.1 Å². The average molecular weight is 508 g/mol. The molecule has 7 nitrogen and oxygen atoms in total. The zero-order valence-electron chi connectivity index (χ0n) is 19.2. The first-order valence-electron chi connectivity index (χ1n) is 10.8. The molecule has 1 aromatic carbocycles. The number of esters is 1. The number of hydrogen-bond acceptors (Lipinski definition) is 7. The molecule has 0 fully saturated rings. The first kappa shape index (κ1) is 24.2. The first-order valence-corrected chi connectivity index (χ1v) is 11.6. The van der Waals surface area contributed by atoms with Crippen LogP contribution in [0.2, 0.25) is 0 Å². The third-order valence-corrected chi connectivity index (χ3v) is 6.05. The third kappa shape index (κ3) is 4.65. The maximum Gasteiger partial charge on any atom is 0.340 e. The molecule has 2 aliphatic rings. The van der Waals surface area contributed by atoms with Crippen molar-refractivity contribution in [1.82, 2.24) is 0 Å². The summed E-state index contributed by atoms with van der Waals surface area (Å²) in [6.45, 7) is 10.5.